The first-order chi connectivity index (χ1) is 11.4. The summed E-state index contributed by atoms with van der Waals surface area (Å²) in [5.41, 5.74) is 1.03. The molecule has 2 rings (SSSR count). The predicted octanol–water partition coefficient (Wildman–Crippen LogP) is 3.11. The second-order valence-corrected chi connectivity index (χ2v) is 7.03. The fourth-order valence-electron chi connectivity index (χ4n) is 2.07. The van der Waals surface area contributed by atoms with Crippen LogP contribution in [0.5, 0.6) is 0 Å². The molecule has 1 atom stereocenters. The zero-order chi connectivity index (χ0) is 17.6. The second-order valence-electron chi connectivity index (χ2n) is 5.10. The van der Waals surface area contributed by atoms with Crippen LogP contribution >= 0.6 is 0 Å². The minimum atomic E-state index is -3.87. The van der Waals surface area contributed by atoms with Crippen molar-refractivity contribution in [3.63, 3.8) is 0 Å². The molecule has 1 unspecified atom stereocenters. The van der Waals surface area contributed by atoms with Gasteiger partial charge in [-0.25, -0.2) is 0 Å². The van der Waals surface area contributed by atoms with Gasteiger partial charge in [0.1, 0.15) is 5.25 Å². The lowest BCUT2D eigenvalue weighted by Gasteiger charge is -2.13. The number of rotatable bonds is 8. The van der Waals surface area contributed by atoms with Crippen molar-refractivity contribution >= 4 is 21.5 Å². The van der Waals surface area contributed by atoms with Crippen molar-refractivity contribution in [1.82, 2.24) is 0 Å². The van der Waals surface area contributed by atoms with Crippen LogP contribution in [-0.2, 0) is 14.3 Å². The molecule has 0 aromatic heterocycles. The van der Waals surface area contributed by atoms with E-state index >= 15 is 0 Å². The van der Waals surface area contributed by atoms with Crippen molar-refractivity contribution < 1.29 is 17.5 Å². The predicted molar refractivity (Wildman–Crippen MR) is 91.3 cm³/mol. The summed E-state index contributed by atoms with van der Waals surface area (Å²) in [6, 6.07) is 14.9. The van der Waals surface area contributed by atoms with E-state index in [4.69, 9.17) is 4.18 Å². The molecule has 0 heterocycles. The molecule has 0 aliphatic heterocycles. The fraction of sp³-hybridized carbons (Fsp3) is 0.250. The van der Waals surface area contributed by atoms with Crippen LogP contribution in [0, 0.1) is 10.1 Å². The van der Waals surface area contributed by atoms with Crippen molar-refractivity contribution in [2.24, 2.45) is 0 Å². The minimum Gasteiger partial charge on any atom is -0.383 e. The SMILES string of the molecule is CC(c1cccc([N+](=O)[O-])c1)S(=O)(=O)OCCNc1ccccc1. The number of benzene rings is 2. The van der Waals surface area contributed by atoms with E-state index < -0.39 is 20.3 Å². The Labute approximate surface area is 140 Å². The largest absolute Gasteiger partial charge is 0.383 e. The van der Waals surface area contributed by atoms with Crippen molar-refractivity contribution in [3.05, 3.63) is 70.3 Å². The van der Waals surface area contributed by atoms with Gasteiger partial charge in [0.2, 0.25) is 0 Å². The van der Waals surface area contributed by atoms with Gasteiger partial charge < -0.3 is 5.32 Å². The normalized spacial score (nSPS) is 12.5. The molecule has 2 aromatic carbocycles. The average molecular weight is 350 g/mol. The summed E-state index contributed by atoms with van der Waals surface area (Å²) in [5, 5.41) is 12.8. The first-order valence-corrected chi connectivity index (χ1v) is 8.79. The molecule has 1 N–H and O–H groups in total. The van der Waals surface area contributed by atoms with E-state index in [1.807, 2.05) is 30.3 Å². The first kappa shape index (κ1) is 17.9. The highest BCUT2D eigenvalue weighted by Crippen LogP contribution is 2.26. The highest BCUT2D eigenvalue weighted by molar-refractivity contribution is 7.87. The van der Waals surface area contributed by atoms with Crippen LogP contribution in [0.3, 0.4) is 0 Å². The Kier molecular flexibility index (Phi) is 5.88. The van der Waals surface area contributed by atoms with Gasteiger partial charge in [0.05, 0.1) is 11.5 Å². The fourth-order valence-corrected chi connectivity index (χ4v) is 3.07. The maximum atomic E-state index is 12.2. The number of para-hydroxylation sites is 1. The highest BCUT2D eigenvalue weighted by atomic mass is 32.2. The average Bonchev–Trinajstić information content (AvgIpc) is 2.59. The maximum Gasteiger partial charge on any atom is 0.274 e. The van der Waals surface area contributed by atoms with Crippen LogP contribution in [0.2, 0.25) is 0 Å². The Hall–Kier alpha value is -2.45. The van der Waals surface area contributed by atoms with Gasteiger partial charge in [-0.3, -0.25) is 14.3 Å². The van der Waals surface area contributed by atoms with E-state index in [-0.39, 0.29) is 12.3 Å². The lowest BCUT2D eigenvalue weighted by molar-refractivity contribution is -0.384. The molecule has 2 aromatic rings. The van der Waals surface area contributed by atoms with Crippen LogP contribution < -0.4 is 5.32 Å². The van der Waals surface area contributed by atoms with Crippen molar-refractivity contribution in [2.45, 2.75) is 12.2 Å². The molecular weight excluding hydrogens is 332 g/mol. The molecule has 8 heteroatoms. The van der Waals surface area contributed by atoms with Crippen molar-refractivity contribution in [2.75, 3.05) is 18.5 Å². The molecule has 0 saturated carbocycles. The topological polar surface area (TPSA) is 98.5 Å². The van der Waals surface area contributed by atoms with E-state index in [0.29, 0.717) is 12.1 Å². The number of hydrogen-bond donors (Lipinski definition) is 1. The number of nitro benzene ring substituents is 1. The van der Waals surface area contributed by atoms with E-state index in [0.717, 1.165) is 5.69 Å². The third-order valence-corrected chi connectivity index (χ3v) is 5.07. The van der Waals surface area contributed by atoms with E-state index in [1.54, 1.807) is 0 Å². The van der Waals surface area contributed by atoms with E-state index in [2.05, 4.69) is 5.32 Å². The van der Waals surface area contributed by atoms with Gasteiger partial charge in [0.15, 0.2) is 0 Å². The quantitative estimate of drug-likeness (QED) is 0.340. The Balaban J connectivity index is 1.94. The number of nitrogens with one attached hydrogen (secondary N) is 1. The zero-order valence-corrected chi connectivity index (χ0v) is 13.9. The third-order valence-electron chi connectivity index (χ3n) is 3.44. The Morgan fingerprint density at radius 2 is 1.88 bits per heavy atom. The van der Waals surface area contributed by atoms with Gasteiger partial charge in [-0.1, -0.05) is 30.3 Å². The molecule has 0 aliphatic carbocycles. The summed E-state index contributed by atoms with van der Waals surface area (Å²) >= 11 is 0. The van der Waals surface area contributed by atoms with Gasteiger partial charge in [0.25, 0.3) is 15.8 Å². The van der Waals surface area contributed by atoms with Gasteiger partial charge in [-0.05, 0) is 24.6 Å². The molecular formula is C16H18N2O5S. The van der Waals surface area contributed by atoms with Gasteiger partial charge >= 0.3 is 0 Å². The molecule has 7 nitrogen and oxygen atoms in total. The van der Waals surface area contributed by atoms with Crippen LogP contribution in [0.4, 0.5) is 11.4 Å². The van der Waals surface area contributed by atoms with Gasteiger partial charge in [-0.2, -0.15) is 8.42 Å². The molecule has 0 radical (unpaired) electrons. The molecule has 24 heavy (non-hydrogen) atoms. The second kappa shape index (κ2) is 7.89. The summed E-state index contributed by atoms with van der Waals surface area (Å²) in [6.07, 6.45) is 0. The minimum absolute atomic E-state index is 0.0313. The number of anilines is 1. The van der Waals surface area contributed by atoms with E-state index in [9.17, 15) is 18.5 Å². The maximum absolute atomic E-state index is 12.2. The lowest BCUT2D eigenvalue weighted by atomic mass is 10.1. The number of nitro groups is 1. The first-order valence-electron chi connectivity index (χ1n) is 7.31. The monoisotopic (exact) mass is 350 g/mol. The molecule has 0 amide bonds. The highest BCUT2D eigenvalue weighted by Gasteiger charge is 2.24. The summed E-state index contributed by atoms with van der Waals surface area (Å²) < 4.78 is 29.4. The smallest absolute Gasteiger partial charge is 0.274 e. The Bertz CT molecular complexity index is 793. The summed E-state index contributed by atoms with van der Waals surface area (Å²) in [7, 11) is -3.87. The molecule has 0 fully saturated rings. The molecule has 0 spiro atoms. The summed E-state index contributed by atoms with van der Waals surface area (Å²) in [5.74, 6) is 0. The Morgan fingerprint density at radius 1 is 1.17 bits per heavy atom. The van der Waals surface area contributed by atoms with Crippen LogP contribution in [0.25, 0.3) is 0 Å². The molecule has 0 aliphatic rings. The van der Waals surface area contributed by atoms with Crippen molar-refractivity contribution in [3.8, 4) is 0 Å². The molecule has 0 bridgehead atoms. The number of nitrogens with zero attached hydrogens (tertiary/aromatic N) is 1. The number of non-ortho nitro benzene ring substituents is 1. The van der Waals surface area contributed by atoms with E-state index in [1.165, 1.54) is 31.2 Å². The van der Waals surface area contributed by atoms with Gasteiger partial charge in [-0.15, -0.1) is 0 Å². The lowest BCUT2D eigenvalue weighted by Crippen LogP contribution is -2.18. The third kappa shape index (κ3) is 4.77. The van der Waals surface area contributed by atoms with Gasteiger partial charge in [0, 0.05) is 24.4 Å². The van der Waals surface area contributed by atoms with Crippen LogP contribution in [0.1, 0.15) is 17.7 Å². The van der Waals surface area contributed by atoms with Crippen LogP contribution in [-0.4, -0.2) is 26.5 Å². The Morgan fingerprint density at radius 3 is 2.54 bits per heavy atom. The van der Waals surface area contributed by atoms with Crippen molar-refractivity contribution in [1.29, 1.82) is 0 Å². The molecule has 128 valence electrons. The standard InChI is InChI=1S/C16H18N2O5S/c1-13(14-6-5-9-16(12-14)18(19)20)24(21,22)23-11-10-17-15-7-3-2-4-8-15/h2-9,12-13,17H,10-11H2,1H3. The molecule has 0 saturated heterocycles. The summed E-state index contributed by atoms with van der Waals surface area (Å²) in [4.78, 5) is 10.2. The van der Waals surface area contributed by atoms with Crippen LogP contribution in [0.15, 0.2) is 54.6 Å². The zero-order valence-electron chi connectivity index (χ0n) is 13.1. The number of hydrogen-bond acceptors (Lipinski definition) is 6. The summed E-state index contributed by atoms with van der Waals surface area (Å²) in [6.45, 7) is 1.74.